The summed E-state index contributed by atoms with van der Waals surface area (Å²) >= 11 is 1.60. The van der Waals surface area contributed by atoms with Crippen molar-refractivity contribution in [2.24, 2.45) is 7.05 Å². The molecular weight excluding hydrogens is 310 g/mol. The zero-order chi connectivity index (χ0) is 15.5. The van der Waals surface area contributed by atoms with E-state index in [9.17, 15) is 13.5 Å². The lowest BCUT2D eigenvalue weighted by Gasteiger charge is -2.12. The van der Waals surface area contributed by atoms with Crippen LogP contribution in [0.2, 0.25) is 0 Å². The second kappa shape index (κ2) is 6.61. The van der Waals surface area contributed by atoms with Crippen LogP contribution in [0, 0.1) is 0 Å². The van der Waals surface area contributed by atoms with Gasteiger partial charge < -0.3 is 9.67 Å². The van der Waals surface area contributed by atoms with Crippen LogP contribution in [-0.4, -0.2) is 35.9 Å². The Labute approximate surface area is 128 Å². The highest BCUT2D eigenvalue weighted by atomic mass is 32.2. The fraction of sp³-hybridized carbons (Fsp3) is 0.308. The summed E-state index contributed by atoms with van der Waals surface area (Å²) in [6.07, 6.45) is 3.87. The fourth-order valence-corrected chi connectivity index (χ4v) is 3.16. The molecule has 6 nitrogen and oxygen atoms in total. The van der Waals surface area contributed by atoms with Crippen LogP contribution in [0.25, 0.3) is 0 Å². The molecule has 114 valence electrons. The number of sulfonamides is 1. The number of rotatable bonds is 6. The number of nitrogens with one attached hydrogen (secondary N) is 1. The molecule has 0 bridgehead atoms. The molecular formula is C13H17N3O3S2. The summed E-state index contributed by atoms with van der Waals surface area (Å²) in [5.41, 5.74) is 0.663. The molecule has 1 aromatic carbocycles. The second-order valence-electron chi connectivity index (χ2n) is 4.52. The molecule has 1 atom stereocenters. The molecule has 0 amide bonds. The van der Waals surface area contributed by atoms with Gasteiger partial charge in [-0.05, 0) is 24.0 Å². The summed E-state index contributed by atoms with van der Waals surface area (Å²) in [6.45, 7) is -0.0997. The lowest BCUT2D eigenvalue weighted by Crippen LogP contribution is -2.28. The standard InChI is InChI=1S/C13H17N3O3S2/c1-16-8-13(14-9-16)21(18,19)15-7-12(17)10-3-5-11(20-2)6-4-10/h3-6,8-9,12,15,17H,7H2,1-2H3/t12-/m1/s1. The number of aromatic nitrogens is 2. The van der Waals surface area contributed by atoms with Gasteiger partial charge in [0.2, 0.25) is 0 Å². The van der Waals surface area contributed by atoms with Crippen molar-refractivity contribution in [1.82, 2.24) is 14.3 Å². The third-order valence-corrected chi connectivity index (χ3v) is 4.98. The summed E-state index contributed by atoms with van der Waals surface area (Å²) in [6, 6.07) is 7.34. The Bertz CT molecular complexity index is 696. The molecule has 0 radical (unpaired) electrons. The van der Waals surface area contributed by atoms with E-state index in [-0.39, 0.29) is 11.6 Å². The normalized spacial score (nSPS) is 13.3. The van der Waals surface area contributed by atoms with E-state index in [1.54, 1.807) is 35.5 Å². The molecule has 2 N–H and O–H groups in total. The van der Waals surface area contributed by atoms with Crippen molar-refractivity contribution < 1.29 is 13.5 Å². The number of hydrogen-bond donors (Lipinski definition) is 2. The van der Waals surface area contributed by atoms with E-state index < -0.39 is 16.1 Å². The minimum absolute atomic E-state index is 0.0602. The van der Waals surface area contributed by atoms with Gasteiger partial charge in [-0.15, -0.1) is 11.8 Å². The molecule has 0 aliphatic rings. The van der Waals surface area contributed by atoms with Crippen molar-refractivity contribution in [1.29, 1.82) is 0 Å². The van der Waals surface area contributed by atoms with Crippen molar-refractivity contribution in [2.75, 3.05) is 12.8 Å². The number of hydrogen-bond acceptors (Lipinski definition) is 5. The summed E-state index contributed by atoms with van der Waals surface area (Å²) < 4.78 is 27.9. The Hall–Kier alpha value is -1.35. The van der Waals surface area contributed by atoms with Gasteiger partial charge in [0.25, 0.3) is 10.0 Å². The molecule has 0 spiro atoms. The number of aliphatic hydroxyl groups excluding tert-OH is 1. The van der Waals surface area contributed by atoms with Gasteiger partial charge in [-0.25, -0.2) is 18.1 Å². The average molecular weight is 327 g/mol. The van der Waals surface area contributed by atoms with Crippen molar-refractivity contribution in [3.63, 3.8) is 0 Å². The first-order valence-corrected chi connectivity index (χ1v) is 8.93. The second-order valence-corrected chi connectivity index (χ2v) is 7.11. The van der Waals surface area contributed by atoms with Gasteiger partial charge in [-0.2, -0.15) is 0 Å². The molecule has 0 fully saturated rings. The summed E-state index contributed by atoms with van der Waals surface area (Å²) in [5, 5.41) is 9.98. The molecule has 0 saturated carbocycles. The minimum Gasteiger partial charge on any atom is -0.387 e. The summed E-state index contributed by atoms with van der Waals surface area (Å²) in [7, 11) is -2.01. The van der Waals surface area contributed by atoms with Crippen molar-refractivity contribution in [3.05, 3.63) is 42.4 Å². The van der Waals surface area contributed by atoms with E-state index in [2.05, 4.69) is 9.71 Å². The fourth-order valence-electron chi connectivity index (χ4n) is 1.73. The number of benzene rings is 1. The van der Waals surface area contributed by atoms with E-state index in [0.717, 1.165) is 4.90 Å². The topological polar surface area (TPSA) is 84.2 Å². The van der Waals surface area contributed by atoms with Gasteiger partial charge >= 0.3 is 0 Å². The maximum Gasteiger partial charge on any atom is 0.259 e. The molecule has 8 heteroatoms. The predicted octanol–water partition coefficient (Wildman–Crippen LogP) is 1.15. The SMILES string of the molecule is CSc1ccc([C@H](O)CNS(=O)(=O)c2cn(C)cn2)cc1. The number of imidazole rings is 1. The van der Waals surface area contributed by atoms with Crippen LogP contribution in [0.15, 0.2) is 46.7 Å². The maximum absolute atomic E-state index is 12.0. The van der Waals surface area contributed by atoms with Crippen LogP contribution in [0.4, 0.5) is 0 Å². The number of thioether (sulfide) groups is 1. The third-order valence-electron chi connectivity index (χ3n) is 2.92. The Morgan fingerprint density at radius 1 is 1.38 bits per heavy atom. The highest BCUT2D eigenvalue weighted by Gasteiger charge is 2.18. The maximum atomic E-state index is 12.0. The van der Waals surface area contributed by atoms with Gasteiger partial charge in [0.15, 0.2) is 5.03 Å². The van der Waals surface area contributed by atoms with Crippen LogP contribution in [0.3, 0.4) is 0 Å². The first-order valence-electron chi connectivity index (χ1n) is 6.22. The van der Waals surface area contributed by atoms with Crippen LogP contribution >= 0.6 is 11.8 Å². The van der Waals surface area contributed by atoms with Crippen LogP contribution < -0.4 is 4.72 Å². The number of nitrogens with zero attached hydrogens (tertiary/aromatic N) is 2. The van der Waals surface area contributed by atoms with E-state index in [1.807, 2.05) is 18.4 Å². The first-order chi connectivity index (χ1) is 9.92. The van der Waals surface area contributed by atoms with Gasteiger partial charge in [0.1, 0.15) is 0 Å². The van der Waals surface area contributed by atoms with E-state index in [4.69, 9.17) is 0 Å². The van der Waals surface area contributed by atoms with Crippen LogP contribution in [0.1, 0.15) is 11.7 Å². The van der Waals surface area contributed by atoms with E-state index >= 15 is 0 Å². The molecule has 1 aromatic heterocycles. The highest BCUT2D eigenvalue weighted by molar-refractivity contribution is 7.98. The minimum atomic E-state index is -3.70. The smallest absolute Gasteiger partial charge is 0.259 e. The Morgan fingerprint density at radius 3 is 2.57 bits per heavy atom. The Balaban J connectivity index is 2.01. The Kier molecular flexibility index (Phi) is 5.04. The van der Waals surface area contributed by atoms with Crippen molar-refractivity contribution >= 4 is 21.8 Å². The first kappa shape index (κ1) is 16.0. The van der Waals surface area contributed by atoms with Crippen LogP contribution in [-0.2, 0) is 17.1 Å². The van der Waals surface area contributed by atoms with Crippen molar-refractivity contribution in [2.45, 2.75) is 16.0 Å². The molecule has 2 aromatic rings. The van der Waals surface area contributed by atoms with E-state index in [0.29, 0.717) is 5.56 Å². The van der Waals surface area contributed by atoms with Gasteiger partial charge in [0, 0.05) is 24.7 Å². The monoisotopic (exact) mass is 327 g/mol. The van der Waals surface area contributed by atoms with Crippen molar-refractivity contribution in [3.8, 4) is 0 Å². The average Bonchev–Trinajstić information content (AvgIpc) is 2.92. The zero-order valence-electron chi connectivity index (χ0n) is 11.7. The van der Waals surface area contributed by atoms with Gasteiger partial charge in [0.05, 0.1) is 12.4 Å². The molecule has 0 aliphatic heterocycles. The molecule has 1 heterocycles. The van der Waals surface area contributed by atoms with Gasteiger partial charge in [-0.3, -0.25) is 0 Å². The van der Waals surface area contributed by atoms with Crippen LogP contribution in [0.5, 0.6) is 0 Å². The molecule has 21 heavy (non-hydrogen) atoms. The molecule has 0 aliphatic carbocycles. The Morgan fingerprint density at radius 2 is 2.05 bits per heavy atom. The highest BCUT2D eigenvalue weighted by Crippen LogP contribution is 2.19. The molecule has 0 unspecified atom stereocenters. The third kappa shape index (κ3) is 4.07. The predicted molar refractivity (Wildman–Crippen MR) is 81.6 cm³/mol. The summed E-state index contributed by atoms with van der Waals surface area (Å²) in [5.74, 6) is 0. The molecule has 0 saturated heterocycles. The largest absolute Gasteiger partial charge is 0.387 e. The van der Waals surface area contributed by atoms with Gasteiger partial charge in [-0.1, -0.05) is 12.1 Å². The lowest BCUT2D eigenvalue weighted by molar-refractivity contribution is 0.182. The lowest BCUT2D eigenvalue weighted by atomic mass is 10.1. The van der Waals surface area contributed by atoms with E-state index in [1.165, 1.54) is 12.5 Å². The zero-order valence-corrected chi connectivity index (χ0v) is 13.4. The molecule has 2 rings (SSSR count). The number of aliphatic hydroxyl groups is 1. The quantitative estimate of drug-likeness (QED) is 0.778. The summed E-state index contributed by atoms with van der Waals surface area (Å²) in [4.78, 5) is 4.87. The number of aryl methyl sites for hydroxylation is 1.